The van der Waals surface area contributed by atoms with Crippen LogP contribution in [0, 0.1) is 0 Å². The fraction of sp³-hybridized carbons (Fsp3) is 0.714. The fourth-order valence-corrected chi connectivity index (χ4v) is 0.927. The van der Waals surface area contributed by atoms with Crippen molar-refractivity contribution >= 4 is 24.5 Å². The number of carbonyl (C=O) groups excluding carboxylic acids is 1. The van der Waals surface area contributed by atoms with Gasteiger partial charge in [-0.05, 0) is 6.42 Å². The molecular formula is C7H13NO3S. The molecule has 0 fully saturated rings. The first-order chi connectivity index (χ1) is 5.61. The summed E-state index contributed by atoms with van der Waals surface area (Å²) in [5, 5.41) is 10.9. The van der Waals surface area contributed by atoms with E-state index >= 15 is 0 Å². The molecule has 0 saturated carbocycles. The number of carboxylic acids is 1. The van der Waals surface area contributed by atoms with E-state index in [1.54, 1.807) is 0 Å². The van der Waals surface area contributed by atoms with Gasteiger partial charge in [-0.25, -0.2) is 4.79 Å². The minimum Gasteiger partial charge on any atom is -0.480 e. The highest BCUT2D eigenvalue weighted by Gasteiger charge is 2.16. The van der Waals surface area contributed by atoms with Crippen molar-refractivity contribution in [3.05, 3.63) is 0 Å². The number of amides is 1. The van der Waals surface area contributed by atoms with Gasteiger partial charge in [0.05, 0.1) is 0 Å². The van der Waals surface area contributed by atoms with Crippen LogP contribution in [0.5, 0.6) is 0 Å². The van der Waals surface area contributed by atoms with E-state index in [2.05, 4.69) is 17.9 Å². The zero-order chi connectivity index (χ0) is 9.56. The van der Waals surface area contributed by atoms with Gasteiger partial charge in [-0.1, -0.05) is 6.92 Å². The molecule has 2 N–H and O–H groups in total. The lowest BCUT2D eigenvalue weighted by Crippen LogP contribution is -2.41. The second-order valence-electron chi connectivity index (χ2n) is 2.39. The van der Waals surface area contributed by atoms with E-state index in [1.165, 1.54) is 0 Å². The Labute approximate surface area is 76.8 Å². The SMILES string of the molecule is CCCC(=O)N[C@@H](CS)C(=O)O. The van der Waals surface area contributed by atoms with Crippen LogP contribution in [0.25, 0.3) is 0 Å². The minimum atomic E-state index is -1.05. The lowest BCUT2D eigenvalue weighted by atomic mass is 10.3. The van der Waals surface area contributed by atoms with Crippen LogP contribution >= 0.6 is 12.6 Å². The molecule has 0 bridgehead atoms. The number of rotatable bonds is 5. The molecule has 0 unspecified atom stereocenters. The molecule has 0 aromatic carbocycles. The summed E-state index contributed by atoms with van der Waals surface area (Å²) in [6.07, 6.45) is 1.07. The molecular weight excluding hydrogens is 178 g/mol. The van der Waals surface area contributed by atoms with Gasteiger partial charge in [0.2, 0.25) is 5.91 Å². The maximum Gasteiger partial charge on any atom is 0.327 e. The Balaban J connectivity index is 3.85. The number of hydrogen-bond donors (Lipinski definition) is 3. The van der Waals surface area contributed by atoms with Crippen LogP contribution in [0.2, 0.25) is 0 Å². The second-order valence-corrected chi connectivity index (χ2v) is 2.76. The van der Waals surface area contributed by atoms with Crippen LogP contribution in [0.4, 0.5) is 0 Å². The zero-order valence-corrected chi connectivity index (χ0v) is 7.80. The Morgan fingerprint density at radius 1 is 1.58 bits per heavy atom. The Kier molecular flexibility index (Phi) is 5.53. The van der Waals surface area contributed by atoms with E-state index in [0.717, 1.165) is 0 Å². The van der Waals surface area contributed by atoms with Crippen molar-refractivity contribution in [2.24, 2.45) is 0 Å². The van der Waals surface area contributed by atoms with Crippen LogP contribution in [-0.4, -0.2) is 28.8 Å². The molecule has 0 aromatic rings. The van der Waals surface area contributed by atoms with Crippen LogP contribution in [0.3, 0.4) is 0 Å². The van der Waals surface area contributed by atoms with Crippen molar-refractivity contribution in [2.75, 3.05) is 5.75 Å². The first-order valence-corrected chi connectivity index (χ1v) is 4.38. The highest BCUT2D eigenvalue weighted by Crippen LogP contribution is 1.92. The molecule has 1 amide bonds. The summed E-state index contributed by atoms with van der Waals surface area (Å²) in [6, 6.07) is -0.868. The summed E-state index contributed by atoms with van der Waals surface area (Å²) in [6.45, 7) is 1.86. The van der Waals surface area contributed by atoms with Crippen LogP contribution in [0.1, 0.15) is 19.8 Å². The van der Waals surface area contributed by atoms with Crippen molar-refractivity contribution in [2.45, 2.75) is 25.8 Å². The number of thiol groups is 1. The van der Waals surface area contributed by atoms with Crippen LogP contribution in [-0.2, 0) is 9.59 Å². The van der Waals surface area contributed by atoms with E-state index < -0.39 is 12.0 Å². The summed E-state index contributed by atoms with van der Waals surface area (Å²) >= 11 is 3.80. The molecule has 70 valence electrons. The molecule has 0 heterocycles. The first-order valence-electron chi connectivity index (χ1n) is 3.74. The molecule has 0 spiro atoms. The number of nitrogens with one attached hydrogen (secondary N) is 1. The molecule has 0 aromatic heterocycles. The highest BCUT2D eigenvalue weighted by atomic mass is 32.1. The average Bonchev–Trinajstić information content (AvgIpc) is 2.00. The third kappa shape index (κ3) is 4.23. The Morgan fingerprint density at radius 2 is 2.17 bits per heavy atom. The standard InChI is InChI=1S/C7H13NO3S/c1-2-3-6(9)8-5(4-12)7(10)11/h5,12H,2-4H2,1H3,(H,8,9)(H,10,11)/t5-/m0/s1. The maximum atomic E-state index is 10.9. The lowest BCUT2D eigenvalue weighted by Gasteiger charge is -2.10. The van der Waals surface area contributed by atoms with Gasteiger partial charge in [0.1, 0.15) is 6.04 Å². The predicted molar refractivity (Wildman–Crippen MR) is 48.3 cm³/mol. The predicted octanol–water partition coefficient (Wildman–Crippen LogP) is 0.286. The van der Waals surface area contributed by atoms with Crippen molar-refractivity contribution in [3.63, 3.8) is 0 Å². The summed E-state index contributed by atoms with van der Waals surface area (Å²) in [5.74, 6) is -1.17. The summed E-state index contributed by atoms with van der Waals surface area (Å²) in [4.78, 5) is 21.3. The highest BCUT2D eigenvalue weighted by molar-refractivity contribution is 7.80. The van der Waals surface area contributed by atoms with E-state index in [4.69, 9.17) is 5.11 Å². The maximum absolute atomic E-state index is 10.9. The van der Waals surface area contributed by atoms with Gasteiger partial charge in [-0.2, -0.15) is 12.6 Å². The van der Waals surface area contributed by atoms with Crippen molar-refractivity contribution in [1.29, 1.82) is 0 Å². The van der Waals surface area contributed by atoms with Gasteiger partial charge in [-0.15, -0.1) is 0 Å². The molecule has 0 aliphatic rings. The zero-order valence-electron chi connectivity index (χ0n) is 6.91. The Bertz CT molecular complexity index is 172. The van der Waals surface area contributed by atoms with Gasteiger partial charge in [-0.3, -0.25) is 4.79 Å². The molecule has 0 rings (SSSR count). The van der Waals surface area contributed by atoms with Gasteiger partial charge < -0.3 is 10.4 Å². The molecule has 0 saturated heterocycles. The first kappa shape index (κ1) is 11.3. The summed E-state index contributed by atoms with van der Waals surface area (Å²) < 4.78 is 0. The van der Waals surface area contributed by atoms with Gasteiger partial charge in [0.15, 0.2) is 0 Å². The van der Waals surface area contributed by atoms with Crippen LogP contribution < -0.4 is 5.32 Å². The van der Waals surface area contributed by atoms with Crippen molar-refractivity contribution < 1.29 is 14.7 Å². The Hall–Kier alpha value is -0.710. The van der Waals surface area contributed by atoms with Gasteiger partial charge in [0.25, 0.3) is 0 Å². The third-order valence-electron chi connectivity index (χ3n) is 1.29. The molecule has 0 radical (unpaired) electrons. The summed E-state index contributed by atoms with van der Waals surface area (Å²) in [7, 11) is 0. The van der Waals surface area contributed by atoms with Gasteiger partial charge >= 0.3 is 5.97 Å². The van der Waals surface area contributed by atoms with Crippen molar-refractivity contribution in [3.8, 4) is 0 Å². The quantitative estimate of drug-likeness (QED) is 0.547. The monoisotopic (exact) mass is 191 g/mol. The molecule has 0 aliphatic heterocycles. The smallest absolute Gasteiger partial charge is 0.327 e. The average molecular weight is 191 g/mol. The number of aliphatic carboxylic acids is 1. The molecule has 1 atom stereocenters. The second kappa shape index (κ2) is 5.88. The van der Waals surface area contributed by atoms with E-state index in [9.17, 15) is 9.59 Å². The number of carbonyl (C=O) groups is 2. The number of carboxylic acid groups (broad SMARTS) is 1. The molecule has 12 heavy (non-hydrogen) atoms. The van der Waals surface area contributed by atoms with Crippen molar-refractivity contribution in [1.82, 2.24) is 5.32 Å². The largest absolute Gasteiger partial charge is 0.480 e. The molecule has 5 heteroatoms. The summed E-state index contributed by atoms with van der Waals surface area (Å²) in [5.41, 5.74) is 0. The minimum absolute atomic E-state index is 0.116. The van der Waals surface area contributed by atoms with Crippen LogP contribution in [0.15, 0.2) is 0 Å². The van der Waals surface area contributed by atoms with E-state index in [-0.39, 0.29) is 11.7 Å². The topological polar surface area (TPSA) is 66.4 Å². The van der Waals surface area contributed by atoms with E-state index in [0.29, 0.717) is 12.8 Å². The number of hydrogen-bond acceptors (Lipinski definition) is 3. The molecule has 4 nitrogen and oxygen atoms in total. The normalized spacial score (nSPS) is 12.2. The fourth-order valence-electron chi connectivity index (χ4n) is 0.679. The van der Waals surface area contributed by atoms with E-state index in [1.807, 2.05) is 6.92 Å². The molecule has 0 aliphatic carbocycles. The Morgan fingerprint density at radius 3 is 2.50 bits per heavy atom. The van der Waals surface area contributed by atoms with Gasteiger partial charge in [0, 0.05) is 12.2 Å². The third-order valence-corrected chi connectivity index (χ3v) is 1.66. The lowest BCUT2D eigenvalue weighted by molar-refractivity contribution is -0.141.